The maximum absolute atomic E-state index is 14.6. The summed E-state index contributed by atoms with van der Waals surface area (Å²) in [5.41, 5.74) is -1.22. The fraction of sp³-hybridized carbons (Fsp3) is 0.590. The molecule has 1 aromatic carbocycles. The molecule has 3 fully saturated rings. The maximum Gasteiger partial charge on any atom is 0.410 e. The number of hydrogen-bond donors (Lipinski definition) is 1. The molecule has 300 valence electrons. The summed E-state index contributed by atoms with van der Waals surface area (Å²) in [4.78, 5) is 85.8. The Hall–Kier alpha value is -4.60. The summed E-state index contributed by atoms with van der Waals surface area (Å²) in [7, 11) is -3.91. The Labute approximate surface area is 321 Å². The number of halogens is 1. The highest BCUT2D eigenvalue weighted by atomic mass is 32.2. The molecule has 2 heterocycles. The van der Waals surface area contributed by atoms with Gasteiger partial charge < -0.3 is 19.3 Å². The Kier molecular flexibility index (Phi) is 12.3. The molecular weight excluding hydrogens is 736 g/mol. The van der Waals surface area contributed by atoms with Crippen molar-refractivity contribution in [3.63, 3.8) is 0 Å². The topological polar surface area (TPSA) is 177 Å². The fourth-order valence-corrected chi connectivity index (χ4v) is 9.01. The lowest BCUT2D eigenvalue weighted by atomic mass is 9.90. The van der Waals surface area contributed by atoms with E-state index in [0.29, 0.717) is 30.4 Å². The van der Waals surface area contributed by atoms with Crippen LogP contribution in [0.5, 0.6) is 0 Å². The number of likely N-dealkylation sites (tertiary alicyclic amines) is 1. The number of Topliss-reactive ketones (excluding diaryl/α,β-unsaturated/α-hetero) is 1. The zero-order chi connectivity index (χ0) is 40.5. The Balaban J connectivity index is 1.42. The number of nitrogens with zero attached hydrogens (tertiary/aromatic N) is 3. The normalized spacial score (nSPS) is 23.6. The van der Waals surface area contributed by atoms with Crippen LogP contribution in [0, 0.1) is 23.1 Å². The third kappa shape index (κ3) is 9.62. The monoisotopic (exact) mass is 786 g/mol. The standard InChI is InChI=1S/C39H51FN4O10S/c1-7-15-42(33(46)9-3)21-25(16-34(47)54-38(4,5)6)35(48)44-22-27(53-37(50)43-20-24-11-10-12-30(40)29(24)23-43)17-31(44)32(45)19-39(18-26(39)8-2)36(49)41-55(51,52)28-13-14-28/h7,9-12,25-28,31H,1,3,8,13-23H2,2,4-6H3,(H,41,49)/t25-,26+,27?,31?,39+/m0/s1. The largest absolute Gasteiger partial charge is 0.460 e. The van der Waals surface area contributed by atoms with Gasteiger partial charge in [-0.25, -0.2) is 17.6 Å². The third-order valence-corrected chi connectivity index (χ3v) is 12.5. The number of hydrogen-bond acceptors (Lipinski definition) is 10. The predicted molar refractivity (Wildman–Crippen MR) is 197 cm³/mol. The quantitative estimate of drug-likeness (QED) is 0.148. The molecule has 0 radical (unpaired) electrons. The lowest BCUT2D eigenvalue weighted by molar-refractivity contribution is -0.159. The second kappa shape index (κ2) is 16.2. The Morgan fingerprint density at radius 2 is 1.84 bits per heavy atom. The van der Waals surface area contributed by atoms with Crippen LogP contribution in [-0.2, 0) is 56.6 Å². The average molecular weight is 787 g/mol. The summed E-state index contributed by atoms with van der Waals surface area (Å²) in [6, 6.07) is 3.32. The number of fused-ring (bicyclic) bond motifs is 1. The van der Waals surface area contributed by atoms with Gasteiger partial charge in [0.25, 0.3) is 0 Å². The number of sulfonamides is 1. The van der Waals surface area contributed by atoms with E-state index in [1.807, 2.05) is 6.92 Å². The molecule has 1 N–H and O–H groups in total. The molecule has 2 saturated carbocycles. The molecule has 4 amide bonds. The lowest BCUT2D eigenvalue weighted by Gasteiger charge is -2.31. The van der Waals surface area contributed by atoms with E-state index in [0.717, 1.165) is 6.08 Å². The predicted octanol–water partition coefficient (Wildman–Crippen LogP) is 3.78. The van der Waals surface area contributed by atoms with E-state index in [9.17, 15) is 41.6 Å². The molecule has 0 bridgehead atoms. The molecule has 2 unspecified atom stereocenters. The van der Waals surface area contributed by atoms with Crippen molar-refractivity contribution in [1.82, 2.24) is 19.4 Å². The number of ketones is 1. The van der Waals surface area contributed by atoms with Gasteiger partial charge in [-0.1, -0.05) is 38.1 Å². The van der Waals surface area contributed by atoms with Gasteiger partial charge in [0, 0.05) is 38.0 Å². The molecule has 14 nitrogen and oxygen atoms in total. The van der Waals surface area contributed by atoms with E-state index in [1.54, 1.807) is 32.9 Å². The van der Waals surface area contributed by atoms with Gasteiger partial charge in [0.05, 0.1) is 42.1 Å². The number of benzene rings is 1. The molecule has 1 aromatic rings. The molecule has 2 aliphatic carbocycles. The Morgan fingerprint density at radius 1 is 1.13 bits per heavy atom. The van der Waals surface area contributed by atoms with Crippen molar-refractivity contribution >= 4 is 45.6 Å². The minimum atomic E-state index is -3.91. The molecule has 4 aliphatic rings. The highest BCUT2D eigenvalue weighted by molar-refractivity contribution is 7.90. The van der Waals surface area contributed by atoms with Crippen molar-refractivity contribution in [2.75, 3.05) is 19.6 Å². The van der Waals surface area contributed by atoms with Crippen LogP contribution in [0.15, 0.2) is 43.5 Å². The van der Waals surface area contributed by atoms with E-state index in [2.05, 4.69) is 17.9 Å². The fourth-order valence-electron chi connectivity index (χ4n) is 7.62. The van der Waals surface area contributed by atoms with Crippen LogP contribution in [0.25, 0.3) is 0 Å². The van der Waals surface area contributed by atoms with E-state index < -0.39 is 92.2 Å². The van der Waals surface area contributed by atoms with Gasteiger partial charge in [0.2, 0.25) is 27.7 Å². The highest BCUT2D eigenvalue weighted by Gasteiger charge is 2.61. The van der Waals surface area contributed by atoms with Crippen molar-refractivity contribution in [3.8, 4) is 0 Å². The number of carbonyl (C=O) groups excluding carboxylic acids is 6. The number of amides is 4. The first-order valence-electron chi connectivity index (χ1n) is 18.7. The van der Waals surface area contributed by atoms with Gasteiger partial charge in [-0.15, -0.1) is 6.58 Å². The van der Waals surface area contributed by atoms with Crippen LogP contribution in [-0.4, -0.2) is 101 Å². The molecule has 0 aromatic heterocycles. The van der Waals surface area contributed by atoms with Crippen LogP contribution in [0.4, 0.5) is 9.18 Å². The van der Waals surface area contributed by atoms with Crippen LogP contribution < -0.4 is 4.72 Å². The number of ether oxygens (including phenoxy) is 2. The molecule has 2 aliphatic heterocycles. The summed E-state index contributed by atoms with van der Waals surface area (Å²) in [5.74, 6) is -5.20. The molecular formula is C39H51FN4O10S. The smallest absolute Gasteiger partial charge is 0.410 e. The van der Waals surface area contributed by atoms with Crippen LogP contribution in [0.2, 0.25) is 0 Å². The Bertz CT molecular complexity index is 1860. The van der Waals surface area contributed by atoms with Gasteiger partial charge in [-0.05, 0) is 63.7 Å². The van der Waals surface area contributed by atoms with E-state index in [1.165, 1.54) is 26.8 Å². The summed E-state index contributed by atoms with van der Waals surface area (Å²) in [5, 5.41) is -0.656. The van der Waals surface area contributed by atoms with Crippen molar-refractivity contribution in [2.45, 2.75) is 109 Å². The van der Waals surface area contributed by atoms with Gasteiger partial charge in [-0.3, -0.25) is 33.6 Å². The minimum absolute atomic E-state index is 0.0180. The first-order chi connectivity index (χ1) is 25.8. The van der Waals surface area contributed by atoms with Crippen LogP contribution in [0.3, 0.4) is 0 Å². The molecule has 5 rings (SSSR count). The second-order valence-electron chi connectivity index (χ2n) is 16.0. The van der Waals surface area contributed by atoms with Crippen molar-refractivity contribution in [2.24, 2.45) is 17.3 Å². The third-order valence-electron chi connectivity index (χ3n) is 10.7. The van der Waals surface area contributed by atoms with E-state index in [-0.39, 0.29) is 57.9 Å². The van der Waals surface area contributed by atoms with E-state index in [4.69, 9.17) is 9.47 Å². The first-order valence-corrected chi connectivity index (χ1v) is 20.2. The van der Waals surface area contributed by atoms with Crippen LogP contribution >= 0.6 is 0 Å². The first kappa shape index (κ1) is 41.6. The van der Waals surface area contributed by atoms with Crippen molar-refractivity contribution in [1.29, 1.82) is 0 Å². The van der Waals surface area contributed by atoms with Gasteiger partial charge in [-0.2, -0.15) is 0 Å². The summed E-state index contributed by atoms with van der Waals surface area (Å²) in [6.45, 7) is 13.6. The number of carbonyl (C=O) groups is 6. The highest BCUT2D eigenvalue weighted by Crippen LogP contribution is 2.58. The van der Waals surface area contributed by atoms with Crippen molar-refractivity contribution in [3.05, 3.63) is 60.5 Å². The number of nitrogens with one attached hydrogen (secondary N) is 1. The second-order valence-corrected chi connectivity index (χ2v) is 17.9. The molecule has 55 heavy (non-hydrogen) atoms. The molecule has 1 saturated heterocycles. The maximum atomic E-state index is 14.6. The Morgan fingerprint density at radius 3 is 2.42 bits per heavy atom. The van der Waals surface area contributed by atoms with Gasteiger partial charge in [0.15, 0.2) is 5.78 Å². The van der Waals surface area contributed by atoms with Crippen molar-refractivity contribution < 1.29 is 51.0 Å². The lowest BCUT2D eigenvalue weighted by Crippen LogP contribution is -2.49. The van der Waals surface area contributed by atoms with E-state index >= 15 is 0 Å². The van der Waals surface area contributed by atoms with Gasteiger partial charge >= 0.3 is 12.1 Å². The SMILES string of the molecule is C=CCN(C[C@H](CC(=O)OC(C)(C)C)C(=O)N1CC(OC(=O)N2Cc3cccc(F)c3C2)CC1C(=O)C[C@]1(C(=O)NS(=O)(=O)C2CC2)C[C@H]1CC)C(=O)C=C. The average Bonchev–Trinajstić information content (AvgIpc) is 4.00. The molecule has 5 atom stereocenters. The zero-order valence-corrected chi connectivity index (χ0v) is 32.7. The summed E-state index contributed by atoms with van der Waals surface area (Å²) >= 11 is 0. The number of rotatable bonds is 16. The minimum Gasteiger partial charge on any atom is -0.460 e. The van der Waals surface area contributed by atoms with Crippen LogP contribution in [0.1, 0.15) is 83.8 Å². The summed E-state index contributed by atoms with van der Waals surface area (Å²) < 4.78 is 53.5. The molecule has 16 heteroatoms. The molecule has 0 spiro atoms. The van der Waals surface area contributed by atoms with Gasteiger partial charge in [0.1, 0.15) is 17.5 Å². The zero-order valence-electron chi connectivity index (χ0n) is 31.9. The number of esters is 1. The summed E-state index contributed by atoms with van der Waals surface area (Å²) in [6.07, 6.45) is 1.39.